The molecule has 18 heavy (non-hydrogen) atoms. The van der Waals surface area contributed by atoms with Gasteiger partial charge in [-0.3, -0.25) is 0 Å². The van der Waals surface area contributed by atoms with Crippen LogP contribution in [0.5, 0.6) is 0 Å². The molecule has 5 heteroatoms. The molecular weight excluding hydrogens is 248 g/mol. The molecule has 0 radical (unpaired) electrons. The highest BCUT2D eigenvalue weighted by atomic mass is 28.4. The molecule has 0 amide bonds. The van der Waals surface area contributed by atoms with Crippen LogP contribution < -0.4 is 0 Å². The van der Waals surface area contributed by atoms with Gasteiger partial charge in [-0.1, -0.05) is 20.8 Å². The van der Waals surface area contributed by atoms with Crippen LogP contribution in [0.2, 0.25) is 18.1 Å². The van der Waals surface area contributed by atoms with Gasteiger partial charge in [0.15, 0.2) is 8.32 Å². The lowest BCUT2D eigenvalue weighted by molar-refractivity contribution is -0.133. The van der Waals surface area contributed by atoms with Gasteiger partial charge in [0.2, 0.25) is 0 Å². The van der Waals surface area contributed by atoms with Crippen LogP contribution in [0.4, 0.5) is 0 Å². The molecule has 1 saturated heterocycles. The minimum Gasteiger partial charge on any atom is -0.478 e. The smallest absolute Gasteiger partial charge is 0.331 e. The van der Waals surface area contributed by atoms with Crippen molar-refractivity contribution in [3.63, 3.8) is 0 Å². The van der Waals surface area contributed by atoms with E-state index in [9.17, 15) is 4.79 Å². The molecule has 0 unspecified atom stereocenters. The minimum absolute atomic E-state index is 0.0517. The van der Waals surface area contributed by atoms with Crippen LogP contribution in [0.3, 0.4) is 0 Å². The first-order valence-corrected chi connectivity index (χ1v) is 9.30. The van der Waals surface area contributed by atoms with E-state index in [1.807, 2.05) is 0 Å². The Morgan fingerprint density at radius 1 is 1.50 bits per heavy atom. The zero-order valence-corrected chi connectivity index (χ0v) is 12.7. The quantitative estimate of drug-likeness (QED) is 0.632. The van der Waals surface area contributed by atoms with Gasteiger partial charge in [-0.25, -0.2) is 4.79 Å². The molecule has 0 aromatic rings. The summed E-state index contributed by atoms with van der Waals surface area (Å²) in [5, 5.41) is 9.20. The van der Waals surface area contributed by atoms with Crippen LogP contribution in [0, 0.1) is 0 Å². The van der Waals surface area contributed by atoms with Gasteiger partial charge in [0.1, 0.15) is 6.10 Å². The normalized spacial score (nSPS) is 31.6. The highest BCUT2D eigenvalue weighted by Gasteiger charge is 2.51. The molecular formula is C13H22O4Si. The molecule has 0 aromatic carbocycles. The first-order chi connectivity index (χ1) is 8.12. The number of rotatable bonds is 3. The second kappa shape index (κ2) is 4.18. The van der Waals surface area contributed by atoms with Crippen LogP contribution in [0.15, 0.2) is 11.6 Å². The maximum Gasteiger partial charge on any atom is 0.331 e. The van der Waals surface area contributed by atoms with E-state index in [2.05, 4.69) is 33.9 Å². The number of carboxylic acids is 1. The minimum atomic E-state index is -1.89. The maximum atomic E-state index is 11.1. The van der Waals surface area contributed by atoms with Gasteiger partial charge in [0.05, 0.1) is 12.2 Å². The first kappa shape index (κ1) is 13.8. The fourth-order valence-corrected chi connectivity index (χ4v) is 3.20. The van der Waals surface area contributed by atoms with Crippen molar-refractivity contribution >= 4 is 14.3 Å². The van der Waals surface area contributed by atoms with E-state index < -0.39 is 14.3 Å². The molecule has 2 aliphatic rings. The summed E-state index contributed by atoms with van der Waals surface area (Å²) in [5.41, 5.74) is 0.428. The van der Waals surface area contributed by atoms with Crippen molar-refractivity contribution in [2.45, 2.75) is 63.6 Å². The lowest BCUT2D eigenvalue weighted by atomic mass is 9.98. The molecule has 0 aromatic heterocycles. The van der Waals surface area contributed by atoms with Crippen molar-refractivity contribution in [3.8, 4) is 0 Å². The zero-order chi connectivity index (χ0) is 13.7. The van der Waals surface area contributed by atoms with Crippen molar-refractivity contribution in [1.82, 2.24) is 0 Å². The van der Waals surface area contributed by atoms with Crippen molar-refractivity contribution in [1.29, 1.82) is 0 Å². The lowest BCUT2D eigenvalue weighted by Gasteiger charge is -2.38. The predicted octanol–water partition coefficient (Wildman–Crippen LogP) is 2.56. The number of aliphatic carboxylic acids is 1. The number of carboxylic acid groups (broad SMARTS) is 1. The van der Waals surface area contributed by atoms with Crippen molar-refractivity contribution in [3.05, 3.63) is 11.6 Å². The largest absolute Gasteiger partial charge is 0.478 e. The van der Waals surface area contributed by atoms with Gasteiger partial charge in [0, 0.05) is 12.0 Å². The van der Waals surface area contributed by atoms with Gasteiger partial charge >= 0.3 is 5.97 Å². The highest BCUT2D eigenvalue weighted by Crippen LogP contribution is 2.43. The summed E-state index contributed by atoms with van der Waals surface area (Å²) < 4.78 is 11.8. The maximum absolute atomic E-state index is 11.1. The molecule has 2 rings (SSSR count). The Kier molecular flexibility index (Phi) is 3.20. The molecule has 1 fully saturated rings. The molecule has 0 saturated carbocycles. The zero-order valence-electron chi connectivity index (χ0n) is 11.7. The summed E-state index contributed by atoms with van der Waals surface area (Å²) in [6, 6.07) is 0. The molecule has 1 N–H and O–H groups in total. The summed E-state index contributed by atoms with van der Waals surface area (Å²) in [5.74, 6) is -0.854. The summed E-state index contributed by atoms with van der Waals surface area (Å²) >= 11 is 0. The van der Waals surface area contributed by atoms with Crippen molar-refractivity contribution in [2.24, 2.45) is 0 Å². The standard InChI is InChI=1S/C13H22O4Si/c1-13(2,3)18(4,5)17-10-7-8(12(14)15)6-9-11(10)16-9/h7,9-11H,6H2,1-5H3,(H,14,15)/t9-,10-,11-/m1/s1. The van der Waals surface area contributed by atoms with E-state index in [1.54, 1.807) is 6.08 Å². The van der Waals surface area contributed by atoms with Gasteiger partial charge in [-0.2, -0.15) is 0 Å². The fourth-order valence-electron chi connectivity index (χ4n) is 1.96. The number of ether oxygens (including phenoxy) is 1. The van der Waals surface area contributed by atoms with Crippen LogP contribution in [-0.4, -0.2) is 37.7 Å². The lowest BCUT2D eigenvalue weighted by Crippen LogP contribution is -2.45. The van der Waals surface area contributed by atoms with Crippen LogP contribution in [0.25, 0.3) is 0 Å². The summed E-state index contributed by atoms with van der Waals surface area (Å²) in [7, 11) is -1.89. The third kappa shape index (κ3) is 2.53. The molecule has 102 valence electrons. The number of fused-ring (bicyclic) bond motifs is 1. The number of epoxide rings is 1. The summed E-state index contributed by atoms with van der Waals surface area (Å²) in [4.78, 5) is 11.1. The van der Waals surface area contributed by atoms with E-state index in [0.29, 0.717) is 12.0 Å². The second-order valence-electron chi connectivity index (χ2n) is 6.68. The van der Waals surface area contributed by atoms with E-state index in [-0.39, 0.29) is 23.4 Å². The van der Waals surface area contributed by atoms with Crippen LogP contribution >= 0.6 is 0 Å². The van der Waals surface area contributed by atoms with Gasteiger partial charge < -0.3 is 14.3 Å². The Balaban J connectivity index is 2.14. The molecule has 4 nitrogen and oxygen atoms in total. The van der Waals surface area contributed by atoms with Gasteiger partial charge in [0.25, 0.3) is 0 Å². The molecule has 1 heterocycles. The van der Waals surface area contributed by atoms with Crippen molar-refractivity contribution in [2.75, 3.05) is 0 Å². The SMILES string of the molecule is CC(C)(C)[Si](C)(C)O[C@@H]1C=C(C(=O)O)C[C@H]2O[C@@H]12. The van der Waals surface area contributed by atoms with Crippen LogP contribution in [-0.2, 0) is 14.0 Å². The monoisotopic (exact) mass is 270 g/mol. The summed E-state index contributed by atoms with van der Waals surface area (Å²) in [6.45, 7) is 10.9. The molecule has 0 spiro atoms. The Morgan fingerprint density at radius 3 is 2.61 bits per heavy atom. The molecule has 1 aliphatic heterocycles. The number of carbonyl (C=O) groups is 1. The molecule has 3 atom stereocenters. The van der Waals surface area contributed by atoms with Gasteiger partial charge in [-0.15, -0.1) is 0 Å². The fraction of sp³-hybridized carbons (Fsp3) is 0.769. The number of hydrogen-bond acceptors (Lipinski definition) is 3. The topological polar surface area (TPSA) is 59.1 Å². The summed E-state index contributed by atoms with van der Waals surface area (Å²) in [6.07, 6.45) is 2.20. The highest BCUT2D eigenvalue weighted by molar-refractivity contribution is 6.74. The molecule has 0 bridgehead atoms. The van der Waals surface area contributed by atoms with E-state index in [1.165, 1.54) is 0 Å². The number of hydrogen-bond donors (Lipinski definition) is 1. The Bertz CT molecular complexity index is 394. The van der Waals surface area contributed by atoms with Crippen LogP contribution in [0.1, 0.15) is 27.2 Å². The third-order valence-corrected chi connectivity index (χ3v) is 8.72. The average molecular weight is 270 g/mol. The Morgan fingerprint density at radius 2 is 2.11 bits per heavy atom. The second-order valence-corrected chi connectivity index (χ2v) is 11.4. The van der Waals surface area contributed by atoms with E-state index in [0.717, 1.165) is 0 Å². The Labute approximate surface area is 109 Å². The third-order valence-electron chi connectivity index (χ3n) is 4.24. The van der Waals surface area contributed by atoms with E-state index >= 15 is 0 Å². The van der Waals surface area contributed by atoms with E-state index in [4.69, 9.17) is 14.3 Å². The Hall–Kier alpha value is -0.653. The average Bonchev–Trinajstić information content (AvgIpc) is 2.93. The first-order valence-electron chi connectivity index (χ1n) is 6.39. The van der Waals surface area contributed by atoms with Gasteiger partial charge in [-0.05, 0) is 24.2 Å². The van der Waals surface area contributed by atoms with Crippen molar-refractivity contribution < 1.29 is 19.1 Å². The predicted molar refractivity (Wildman–Crippen MR) is 71.1 cm³/mol. The molecule has 1 aliphatic carbocycles.